The van der Waals surface area contributed by atoms with Gasteiger partial charge in [0.15, 0.2) is 0 Å². The van der Waals surface area contributed by atoms with Crippen LogP contribution >= 0.6 is 0 Å². The fraction of sp³-hybridized carbons (Fsp3) is 0.600. The molecule has 0 saturated heterocycles. The lowest BCUT2D eigenvalue weighted by molar-refractivity contribution is -0.132. The highest BCUT2D eigenvalue weighted by atomic mass is 16.5. The van der Waals surface area contributed by atoms with Crippen LogP contribution in [0.4, 0.5) is 5.69 Å². The molecule has 0 fully saturated rings. The Morgan fingerprint density at radius 2 is 1.88 bits per heavy atom. The average Bonchev–Trinajstić information content (AvgIpc) is 2.63. The van der Waals surface area contributed by atoms with Gasteiger partial charge >= 0.3 is 0 Å². The zero-order valence-corrected chi connectivity index (χ0v) is 16.8. The molecule has 0 unspecified atom stereocenters. The maximum atomic E-state index is 12.7. The van der Waals surface area contributed by atoms with Crippen LogP contribution in [0.3, 0.4) is 0 Å². The van der Waals surface area contributed by atoms with Crippen molar-refractivity contribution in [3.63, 3.8) is 0 Å². The van der Waals surface area contributed by atoms with Crippen molar-refractivity contribution in [3.05, 3.63) is 23.8 Å². The molecule has 0 bridgehead atoms. The fourth-order valence-electron chi connectivity index (χ4n) is 3.38. The number of likely N-dealkylation sites (N-methyl/N-ethyl adjacent to an activating group) is 1. The molecule has 1 heterocycles. The van der Waals surface area contributed by atoms with E-state index in [-0.39, 0.29) is 23.9 Å². The SMILES string of the molecule is CCC(CC)N(C)C(=O)C[C@H]1COc2ccc(C(=O)N(C)C)cc2N1C. The number of rotatable bonds is 6. The monoisotopic (exact) mass is 361 g/mol. The van der Waals surface area contributed by atoms with Crippen LogP contribution in [-0.2, 0) is 4.79 Å². The molecule has 2 rings (SSSR count). The fourth-order valence-corrected chi connectivity index (χ4v) is 3.38. The second kappa shape index (κ2) is 8.43. The third-order valence-electron chi connectivity index (χ3n) is 5.26. The second-order valence-corrected chi connectivity index (χ2v) is 7.14. The maximum absolute atomic E-state index is 12.7. The van der Waals surface area contributed by atoms with E-state index < -0.39 is 0 Å². The van der Waals surface area contributed by atoms with E-state index in [2.05, 4.69) is 18.7 Å². The molecule has 2 amide bonds. The number of carbonyl (C=O) groups is 2. The van der Waals surface area contributed by atoms with Gasteiger partial charge in [0.25, 0.3) is 5.91 Å². The molecule has 1 aromatic rings. The molecule has 0 N–H and O–H groups in total. The van der Waals surface area contributed by atoms with Crippen molar-refractivity contribution in [3.8, 4) is 5.75 Å². The summed E-state index contributed by atoms with van der Waals surface area (Å²) in [4.78, 5) is 30.4. The van der Waals surface area contributed by atoms with Gasteiger partial charge in [0, 0.05) is 39.8 Å². The van der Waals surface area contributed by atoms with Gasteiger partial charge in [-0.25, -0.2) is 0 Å². The topological polar surface area (TPSA) is 53.1 Å². The number of nitrogens with zero attached hydrogens (tertiary/aromatic N) is 3. The number of fused-ring (bicyclic) bond motifs is 1. The Morgan fingerprint density at radius 1 is 1.23 bits per heavy atom. The first-order valence-corrected chi connectivity index (χ1v) is 9.27. The third-order valence-corrected chi connectivity index (χ3v) is 5.26. The van der Waals surface area contributed by atoms with Crippen LogP contribution in [0.1, 0.15) is 43.5 Å². The summed E-state index contributed by atoms with van der Waals surface area (Å²) in [5, 5.41) is 0. The number of amides is 2. The molecular weight excluding hydrogens is 330 g/mol. The van der Waals surface area contributed by atoms with E-state index in [0.717, 1.165) is 24.3 Å². The number of anilines is 1. The lowest BCUT2D eigenvalue weighted by Gasteiger charge is -2.37. The van der Waals surface area contributed by atoms with Gasteiger partial charge in [-0.05, 0) is 31.0 Å². The molecule has 1 atom stereocenters. The molecule has 0 aromatic heterocycles. The summed E-state index contributed by atoms with van der Waals surface area (Å²) >= 11 is 0. The van der Waals surface area contributed by atoms with Gasteiger partial charge in [-0.15, -0.1) is 0 Å². The largest absolute Gasteiger partial charge is 0.489 e. The summed E-state index contributed by atoms with van der Waals surface area (Å²) in [6.07, 6.45) is 2.30. The molecule has 144 valence electrons. The van der Waals surface area contributed by atoms with Crippen molar-refractivity contribution in [2.75, 3.05) is 39.7 Å². The maximum Gasteiger partial charge on any atom is 0.253 e. The van der Waals surface area contributed by atoms with Gasteiger partial charge in [-0.1, -0.05) is 13.8 Å². The Labute approximate surface area is 156 Å². The van der Waals surface area contributed by atoms with E-state index in [9.17, 15) is 9.59 Å². The van der Waals surface area contributed by atoms with Crippen LogP contribution in [0.25, 0.3) is 0 Å². The number of benzene rings is 1. The van der Waals surface area contributed by atoms with E-state index in [1.807, 2.05) is 31.1 Å². The molecular formula is C20H31N3O3. The quantitative estimate of drug-likeness (QED) is 0.782. The molecule has 0 radical (unpaired) electrons. The average molecular weight is 361 g/mol. The van der Waals surface area contributed by atoms with Crippen LogP contribution in [-0.4, -0.2) is 68.5 Å². The minimum absolute atomic E-state index is 0.0449. The van der Waals surface area contributed by atoms with Crippen molar-refractivity contribution in [1.29, 1.82) is 0 Å². The zero-order valence-electron chi connectivity index (χ0n) is 16.8. The Morgan fingerprint density at radius 3 is 2.46 bits per heavy atom. The van der Waals surface area contributed by atoms with E-state index >= 15 is 0 Å². The molecule has 6 nitrogen and oxygen atoms in total. The Bertz CT molecular complexity index is 656. The van der Waals surface area contributed by atoms with Crippen molar-refractivity contribution in [2.24, 2.45) is 0 Å². The molecule has 0 saturated carbocycles. The predicted octanol–water partition coefficient (Wildman–Crippen LogP) is 2.62. The molecule has 0 aliphatic carbocycles. The van der Waals surface area contributed by atoms with E-state index in [0.29, 0.717) is 18.6 Å². The highest BCUT2D eigenvalue weighted by Gasteiger charge is 2.29. The highest BCUT2D eigenvalue weighted by molar-refractivity contribution is 5.95. The first-order valence-electron chi connectivity index (χ1n) is 9.27. The summed E-state index contributed by atoms with van der Waals surface area (Å²) < 4.78 is 5.86. The zero-order chi connectivity index (χ0) is 19.4. The molecule has 26 heavy (non-hydrogen) atoms. The normalized spacial score (nSPS) is 16.1. The third kappa shape index (κ3) is 4.11. The molecule has 6 heteroatoms. The lowest BCUT2D eigenvalue weighted by Crippen LogP contribution is -2.46. The summed E-state index contributed by atoms with van der Waals surface area (Å²) in [6, 6.07) is 5.68. The van der Waals surface area contributed by atoms with Gasteiger partial charge in [0.2, 0.25) is 5.91 Å². The van der Waals surface area contributed by atoms with Crippen molar-refractivity contribution in [2.45, 2.75) is 45.2 Å². The number of hydrogen-bond acceptors (Lipinski definition) is 4. The van der Waals surface area contributed by atoms with Crippen LogP contribution in [0.2, 0.25) is 0 Å². The predicted molar refractivity (Wildman–Crippen MR) is 104 cm³/mol. The van der Waals surface area contributed by atoms with Crippen LogP contribution in [0, 0.1) is 0 Å². The summed E-state index contributed by atoms with van der Waals surface area (Å²) in [6.45, 7) is 4.67. The van der Waals surface area contributed by atoms with Crippen LogP contribution in [0.5, 0.6) is 5.75 Å². The van der Waals surface area contributed by atoms with Crippen molar-refractivity contribution in [1.82, 2.24) is 9.80 Å². The molecule has 1 aromatic carbocycles. The van der Waals surface area contributed by atoms with Gasteiger partial charge in [-0.3, -0.25) is 9.59 Å². The van der Waals surface area contributed by atoms with Crippen LogP contribution < -0.4 is 9.64 Å². The van der Waals surface area contributed by atoms with Crippen molar-refractivity contribution >= 4 is 17.5 Å². The van der Waals surface area contributed by atoms with E-state index in [1.54, 1.807) is 25.1 Å². The van der Waals surface area contributed by atoms with Gasteiger partial charge in [-0.2, -0.15) is 0 Å². The Kier molecular flexibility index (Phi) is 6.51. The Balaban J connectivity index is 2.15. The first-order chi connectivity index (χ1) is 12.3. The molecule has 1 aliphatic rings. The van der Waals surface area contributed by atoms with Gasteiger partial charge < -0.3 is 19.4 Å². The first kappa shape index (κ1) is 20.1. The van der Waals surface area contributed by atoms with E-state index in [4.69, 9.17) is 4.74 Å². The van der Waals surface area contributed by atoms with Gasteiger partial charge in [0.05, 0.1) is 18.2 Å². The molecule has 1 aliphatic heterocycles. The van der Waals surface area contributed by atoms with Crippen LogP contribution in [0.15, 0.2) is 18.2 Å². The highest BCUT2D eigenvalue weighted by Crippen LogP contribution is 2.35. The smallest absolute Gasteiger partial charge is 0.253 e. The summed E-state index contributed by atoms with van der Waals surface area (Å²) in [7, 11) is 7.31. The minimum Gasteiger partial charge on any atom is -0.489 e. The van der Waals surface area contributed by atoms with Crippen molar-refractivity contribution < 1.29 is 14.3 Å². The number of carbonyl (C=O) groups excluding carboxylic acids is 2. The van der Waals surface area contributed by atoms with Gasteiger partial charge in [0.1, 0.15) is 12.4 Å². The van der Waals surface area contributed by atoms with E-state index in [1.165, 1.54) is 0 Å². The standard InChI is InChI=1S/C20H31N3O3/c1-7-15(8-2)23(6)19(24)12-16-13-26-18-10-9-14(20(25)21(3)4)11-17(18)22(16)5/h9-11,15-16H,7-8,12-13H2,1-6H3/t16-/m0/s1. The summed E-state index contributed by atoms with van der Waals surface area (Å²) in [5.41, 5.74) is 1.47. The molecule has 0 spiro atoms. The lowest BCUT2D eigenvalue weighted by atomic mass is 10.1. The summed E-state index contributed by atoms with van der Waals surface area (Å²) in [5.74, 6) is 0.829. The Hall–Kier alpha value is -2.24. The second-order valence-electron chi connectivity index (χ2n) is 7.14. The minimum atomic E-state index is -0.0483. The number of ether oxygens (including phenoxy) is 1. The number of hydrogen-bond donors (Lipinski definition) is 0.